The lowest BCUT2D eigenvalue weighted by atomic mass is 10.0. The van der Waals surface area contributed by atoms with Crippen LogP contribution in [-0.4, -0.2) is 24.2 Å². The molecule has 0 atom stereocenters. The standard InChI is InChI=1S/C25H19ClN2O3/c26-18-8-5-16(6-9-18)11-12-27-25(29)20-14-22(28-21-4-2-1-3-19(20)21)17-7-10-23-24(13-17)31-15-30-23/h1-10,13-14H,11-12,15H2,(H,27,29). The van der Waals surface area contributed by atoms with Gasteiger partial charge in [-0.05, 0) is 54.4 Å². The molecule has 0 spiro atoms. The summed E-state index contributed by atoms with van der Waals surface area (Å²) in [6.45, 7) is 0.738. The van der Waals surface area contributed by atoms with Crippen LogP contribution in [0.1, 0.15) is 15.9 Å². The van der Waals surface area contributed by atoms with Gasteiger partial charge in [-0.2, -0.15) is 0 Å². The third-order valence-corrected chi connectivity index (χ3v) is 5.49. The molecular formula is C25H19ClN2O3. The van der Waals surface area contributed by atoms with Gasteiger partial charge in [0.2, 0.25) is 6.79 Å². The maximum Gasteiger partial charge on any atom is 0.252 e. The Bertz CT molecular complexity index is 1270. The molecule has 31 heavy (non-hydrogen) atoms. The summed E-state index contributed by atoms with van der Waals surface area (Å²) in [5.74, 6) is 1.26. The largest absolute Gasteiger partial charge is 0.454 e. The van der Waals surface area contributed by atoms with Crippen molar-refractivity contribution in [3.05, 3.63) is 88.9 Å². The normalized spacial score (nSPS) is 12.2. The van der Waals surface area contributed by atoms with Gasteiger partial charge in [0, 0.05) is 22.5 Å². The highest BCUT2D eigenvalue weighted by atomic mass is 35.5. The van der Waals surface area contributed by atoms with Gasteiger partial charge in [-0.1, -0.05) is 41.9 Å². The molecule has 3 aromatic carbocycles. The van der Waals surface area contributed by atoms with Gasteiger partial charge in [0.05, 0.1) is 16.8 Å². The van der Waals surface area contributed by atoms with Crippen molar-refractivity contribution in [3.8, 4) is 22.8 Å². The number of amides is 1. The number of fused-ring (bicyclic) bond motifs is 2. The number of benzene rings is 3. The predicted octanol–water partition coefficient (Wildman–Crippen LogP) is 5.26. The average molecular weight is 431 g/mol. The summed E-state index contributed by atoms with van der Waals surface area (Å²) >= 11 is 5.94. The van der Waals surface area contributed by atoms with Gasteiger partial charge in [-0.3, -0.25) is 4.79 Å². The summed E-state index contributed by atoms with van der Waals surface area (Å²) in [6, 6.07) is 22.8. The fraction of sp³-hybridized carbons (Fsp3) is 0.120. The number of ether oxygens (including phenoxy) is 2. The van der Waals surface area contributed by atoms with E-state index in [1.807, 2.05) is 72.8 Å². The minimum atomic E-state index is -0.130. The van der Waals surface area contributed by atoms with Crippen molar-refractivity contribution in [2.45, 2.75) is 6.42 Å². The number of nitrogens with one attached hydrogen (secondary N) is 1. The molecule has 1 amide bonds. The Morgan fingerprint density at radius 1 is 0.968 bits per heavy atom. The summed E-state index contributed by atoms with van der Waals surface area (Å²) < 4.78 is 10.9. The second-order valence-corrected chi connectivity index (χ2v) is 7.71. The number of para-hydroxylation sites is 1. The van der Waals surface area contributed by atoms with Crippen LogP contribution in [0.25, 0.3) is 22.2 Å². The van der Waals surface area contributed by atoms with Crippen LogP contribution in [0.4, 0.5) is 0 Å². The molecule has 0 unspecified atom stereocenters. The van der Waals surface area contributed by atoms with E-state index in [-0.39, 0.29) is 12.7 Å². The molecule has 2 heterocycles. The van der Waals surface area contributed by atoms with Gasteiger partial charge in [0.15, 0.2) is 11.5 Å². The molecule has 0 saturated carbocycles. The van der Waals surface area contributed by atoms with Gasteiger partial charge in [0.25, 0.3) is 5.91 Å². The SMILES string of the molecule is O=C(NCCc1ccc(Cl)cc1)c1cc(-c2ccc3c(c2)OCO3)nc2ccccc12. The van der Waals surface area contributed by atoms with E-state index in [1.54, 1.807) is 0 Å². The van der Waals surface area contributed by atoms with Crippen molar-refractivity contribution in [2.75, 3.05) is 13.3 Å². The van der Waals surface area contributed by atoms with E-state index in [9.17, 15) is 4.79 Å². The Morgan fingerprint density at radius 2 is 1.77 bits per heavy atom. The maximum absolute atomic E-state index is 13.1. The molecule has 1 aliphatic rings. The molecule has 0 radical (unpaired) electrons. The van der Waals surface area contributed by atoms with E-state index in [0.717, 1.165) is 28.5 Å². The molecule has 5 rings (SSSR count). The maximum atomic E-state index is 13.1. The molecule has 1 aliphatic heterocycles. The number of hydrogen-bond donors (Lipinski definition) is 1. The molecule has 4 aromatic rings. The molecule has 0 aliphatic carbocycles. The number of nitrogens with zero attached hydrogens (tertiary/aromatic N) is 1. The average Bonchev–Trinajstić information content (AvgIpc) is 3.27. The second-order valence-electron chi connectivity index (χ2n) is 7.27. The van der Waals surface area contributed by atoms with Crippen LogP contribution in [0.15, 0.2) is 72.8 Å². The topological polar surface area (TPSA) is 60.5 Å². The quantitative estimate of drug-likeness (QED) is 0.469. The van der Waals surface area contributed by atoms with Crippen LogP contribution in [0, 0.1) is 0 Å². The smallest absolute Gasteiger partial charge is 0.252 e. The van der Waals surface area contributed by atoms with Crippen LogP contribution >= 0.6 is 11.6 Å². The summed E-state index contributed by atoms with van der Waals surface area (Å²) in [6.07, 6.45) is 0.723. The molecule has 1 aromatic heterocycles. The lowest BCUT2D eigenvalue weighted by Gasteiger charge is -2.11. The highest BCUT2D eigenvalue weighted by Crippen LogP contribution is 2.36. The summed E-state index contributed by atoms with van der Waals surface area (Å²) in [4.78, 5) is 17.8. The number of carbonyl (C=O) groups is 1. The monoisotopic (exact) mass is 430 g/mol. The first-order valence-corrected chi connectivity index (χ1v) is 10.4. The zero-order valence-electron chi connectivity index (χ0n) is 16.6. The van der Waals surface area contributed by atoms with Crippen molar-refractivity contribution in [3.63, 3.8) is 0 Å². The van der Waals surface area contributed by atoms with Crippen LogP contribution in [-0.2, 0) is 6.42 Å². The molecule has 5 nitrogen and oxygen atoms in total. The van der Waals surface area contributed by atoms with E-state index in [2.05, 4.69) is 5.32 Å². The second kappa shape index (κ2) is 8.28. The van der Waals surface area contributed by atoms with Gasteiger partial charge in [-0.25, -0.2) is 4.98 Å². The highest BCUT2D eigenvalue weighted by molar-refractivity contribution is 6.30. The van der Waals surface area contributed by atoms with Crippen LogP contribution < -0.4 is 14.8 Å². The van der Waals surface area contributed by atoms with Crippen molar-refractivity contribution in [1.29, 1.82) is 0 Å². The fourth-order valence-electron chi connectivity index (χ4n) is 3.63. The molecule has 1 N–H and O–H groups in total. The molecule has 0 fully saturated rings. The van der Waals surface area contributed by atoms with Gasteiger partial charge >= 0.3 is 0 Å². The minimum Gasteiger partial charge on any atom is -0.454 e. The first-order valence-electron chi connectivity index (χ1n) is 10.00. The predicted molar refractivity (Wildman–Crippen MR) is 121 cm³/mol. The summed E-state index contributed by atoms with van der Waals surface area (Å²) in [5.41, 5.74) is 4.05. The summed E-state index contributed by atoms with van der Waals surface area (Å²) in [5, 5.41) is 4.55. The van der Waals surface area contributed by atoms with Gasteiger partial charge in [0.1, 0.15) is 0 Å². The highest BCUT2D eigenvalue weighted by Gasteiger charge is 2.17. The number of pyridine rings is 1. The minimum absolute atomic E-state index is 0.130. The molecule has 0 bridgehead atoms. The lowest BCUT2D eigenvalue weighted by Crippen LogP contribution is -2.26. The lowest BCUT2D eigenvalue weighted by molar-refractivity contribution is 0.0955. The number of aromatic nitrogens is 1. The van der Waals surface area contributed by atoms with E-state index in [0.29, 0.717) is 34.3 Å². The van der Waals surface area contributed by atoms with E-state index in [1.165, 1.54) is 0 Å². The first kappa shape index (κ1) is 19.4. The zero-order chi connectivity index (χ0) is 21.2. The van der Waals surface area contributed by atoms with Gasteiger partial charge in [-0.15, -0.1) is 0 Å². The fourth-order valence-corrected chi connectivity index (χ4v) is 3.76. The van der Waals surface area contributed by atoms with E-state index in [4.69, 9.17) is 26.1 Å². The summed E-state index contributed by atoms with van der Waals surface area (Å²) in [7, 11) is 0. The van der Waals surface area contributed by atoms with Crippen molar-refractivity contribution in [1.82, 2.24) is 10.3 Å². The van der Waals surface area contributed by atoms with E-state index >= 15 is 0 Å². The van der Waals surface area contributed by atoms with E-state index < -0.39 is 0 Å². The third kappa shape index (κ3) is 4.05. The molecule has 0 saturated heterocycles. The van der Waals surface area contributed by atoms with Gasteiger partial charge < -0.3 is 14.8 Å². The Balaban J connectivity index is 1.43. The van der Waals surface area contributed by atoms with Crippen LogP contribution in [0.3, 0.4) is 0 Å². The number of halogens is 1. The zero-order valence-corrected chi connectivity index (χ0v) is 17.4. The van der Waals surface area contributed by atoms with Crippen molar-refractivity contribution in [2.24, 2.45) is 0 Å². The third-order valence-electron chi connectivity index (χ3n) is 5.24. The molecular weight excluding hydrogens is 412 g/mol. The van der Waals surface area contributed by atoms with Crippen LogP contribution in [0.2, 0.25) is 5.02 Å². The molecule has 154 valence electrons. The van der Waals surface area contributed by atoms with Crippen molar-refractivity contribution >= 4 is 28.4 Å². The number of carbonyl (C=O) groups excluding carboxylic acids is 1. The van der Waals surface area contributed by atoms with Crippen LogP contribution in [0.5, 0.6) is 11.5 Å². The Labute approximate surface area is 184 Å². The molecule has 6 heteroatoms. The Kier molecular flexibility index (Phi) is 5.18. The van der Waals surface area contributed by atoms with Crippen molar-refractivity contribution < 1.29 is 14.3 Å². The Hall–Kier alpha value is -3.57. The Morgan fingerprint density at radius 3 is 2.65 bits per heavy atom. The first-order chi connectivity index (χ1) is 15.2. The number of rotatable bonds is 5. The number of hydrogen-bond acceptors (Lipinski definition) is 4.